The number of nitrogens with zero attached hydrogens (tertiary/aromatic N) is 7. The summed E-state index contributed by atoms with van der Waals surface area (Å²) in [6, 6.07) is 1.98. The van der Waals surface area contributed by atoms with Crippen LogP contribution in [0.2, 0.25) is 0 Å². The van der Waals surface area contributed by atoms with Gasteiger partial charge in [-0.25, -0.2) is 14.5 Å². The quantitative estimate of drug-likeness (QED) is 0.668. The van der Waals surface area contributed by atoms with E-state index < -0.39 is 0 Å². The number of hydrogen-bond donors (Lipinski definition) is 0. The molecule has 0 aromatic carbocycles. The first-order valence-corrected chi connectivity index (χ1v) is 6.79. The molecule has 3 rings (SSSR count). The van der Waals surface area contributed by atoms with Gasteiger partial charge in [-0.1, -0.05) is 11.8 Å². The van der Waals surface area contributed by atoms with Crippen molar-refractivity contribution in [1.82, 2.24) is 34.3 Å². The van der Waals surface area contributed by atoms with Gasteiger partial charge in [0.1, 0.15) is 12.2 Å². The molecular formula is C11H13N7S. The Labute approximate surface area is 114 Å². The highest BCUT2D eigenvalue weighted by Crippen LogP contribution is 2.18. The average molecular weight is 275 g/mol. The molecule has 19 heavy (non-hydrogen) atoms. The molecule has 3 aromatic rings. The minimum atomic E-state index is 0.637. The summed E-state index contributed by atoms with van der Waals surface area (Å²) in [4.78, 5) is 12.9. The Morgan fingerprint density at radius 3 is 2.84 bits per heavy atom. The van der Waals surface area contributed by atoms with Gasteiger partial charge >= 0.3 is 0 Å². The van der Waals surface area contributed by atoms with Gasteiger partial charge < -0.3 is 0 Å². The second-order valence-corrected chi connectivity index (χ2v) is 5.18. The Hall–Kier alpha value is -1.96. The molecule has 0 aliphatic heterocycles. The molecule has 0 amide bonds. The fourth-order valence-corrected chi connectivity index (χ4v) is 2.59. The normalized spacial score (nSPS) is 11.3. The third-order valence-electron chi connectivity index (χ3n) is 2.73. The van der Waals surface area contributed by atoms with E-state index in [-0.39, 0.29) is 0 Å². The molecule has 3 aromatic heterocycles. The SMILES string of the molecule is Cc1cc(C)n2nc(SCc3ncnn3C)nc2n1. The molecule has 7 nitrogen and oxygen atoms in total. The van der Waals surface area contributed by atoms with Gasteiger partial charge in [-0.3, -0.25) is 4.68 Å². The fourth-order valence-electron chi connectivity index (χ4n) is 1.79. The monoisotopic (exact) mass is 275 g/mol. The molecule has 0 spiro atoms. The number of aryl methyl sites for hydroxylation is 3. The molecule has 0 radical (unpaired) electrons. The molecule has 8 heteroatoms. The number of fused-ring (bicyclic) bond motifs is 1. The molecular weight excluding hydrogens is 262 g/mol. The Bertz CT molecular complexity index is 730. The Morgan fingerprint density at radius 1 is 1.26 bits per heavy atom. The maximum Gasteiger partial charge on any atom is 0.253 e. The van der Waals surface area contributed by atoms with Gasteiger partial charge in [0.15, 0.2) is 0 Å². The van der Waals surface area contributed by atoms with E-state index in [9.17, 15) is 0 Å². The topological polar surface area (TPSA) is 73.8 Å². The largest absolute Gasteiger partial charge is 0.253 e. The van der Waals surface area contributed by atoms with E-state index >= 15 is 0 Å². The summed E-state index contributed by atoms with van der Waals surface area (Å²) in [5, 5.41) is 9.16. The van der Waals surface area contributed by atoms with Crippen LogP contribution in [0.4, 0.5) is 0 Å². The lowest BCUT2D eigenvalue weighted by molar-refractivity contribution is 0.729. The minimum Gasteiger partial charge on any atom is -0.252 e. The zero-order chi connectivity index (χ0) is 13.4. The zero-order valence-electron chi connectivity index (χ0n) is 10.9. The number of rotatable bonds is 3. The van der Waals surface area contributed by atoms with Crippen molar-refractivity contribution < 1.29 is 0 Å². The van der Waals surface area contributed by atoms with E-state index in [0.717, 1.165) is 17.2 Å². The van der Waals surface area contributed by atoms with Crippen molar-refractivity contribution >= 4 is 17.5 Å². The van der Waals surface area contributed by atoms with Crippen LogP contribution in [-0.4, -0.2) is 34.3 Å². The van der Waals surface area contributed by atoms with Crippen LogP contribution in [-0.2, 0) is 12.8 Å². The Kier molecular flexibility index (Phi) is 2.94. The van der Waals surface area contributed by atoms with Crippen molar-refractivity contribution in [3.63, 3.8) is 0 Å². The van der Waals surface area contributed by atoms with Gasteiger partial charge in [0.2, 0.25) is 5.16 Å². The van der Waals surface area contributed by atoms with Crippen LogP contribution >= 0.6 is 11.8 Å². The summed E-state index contributed by atoms with van der Waals surface area (Å²) in [6.07, 6.45) is 1.54. The van der Waals surface area contributed by atoms with E-state index in [0.29, 0.717) is 16.7 Å². The Morgan fingerprint density at radius 2 is 2.11 bits per heavy atom. The summed E-state index contributed by atoms with van der Waals surface area (Å²) in [7, 11) is 1.87. The summed E-state index contributed by atoms with van der Waals surface area (Å²) in [5.41, 5.74) is 1.97. The first kappa shape index (κ1) is 12.1. The smallest absolute Gasteiger partial charge is 0.252 e. The molecule has 0 aliphatic carbocycles. The van der Waals surface area contributed by atoms with Crippen molar-refractivity contribution in [3.05, 3.63) is 29.6 Å². The predicted octanol–water partition coefficient (Wildman–Crippen LogP) is 1.16. The predicted molar refractivity (Wildman–Crippen MR) is 70.8 cm³/mol. The lowest BCUT2D eigenvalue weighted by atomic mass is 10.4. The van der Waals surface area contributed by atoms with Crippen LogP contribution in [0, 0.1) is 13.8 Å². The molecule has 0 unspecified atom stereocenters. The van der Waals surface area contributed by atoms with Gasteiger partial charge in [-0.2, -0.15) is 10.1 Å². The molecule has 0 saturated carbocycles. The van der Waals surface area contributed by atoms with E-state index in [1.54, 1.807) is 15.5 Å². The van der Waals surface area contributed by atoms with Crippen molar-refractivity contribution in [1.29, 1.82) is 0 Å². The summed E-state index contributed by atoms with van der Waals surface area (Å²) in [6.45, 7) is 3.95. The van der Waals surface area contributed by atoms with E-state index in [2.05, 4.69) is 25.1 Å². The molecule has 0 aliphatic rings. The van der Waals surface area contributed by atoms with Crippen LogP contribution in [0.3, 0.4) is 0 Å². The second-order valence-electron chi connectivity index (χ2n) is 4.23. The maximum absolute atomic E-state index is 4.43. The molecule has 0 fully saturated rings. The second kappa shape index (κ2) is 4.61. The highest BCUT2D eigenvalue weighted by atomic mass is 32.2. The van der Waals surface area contributed by atoms with Gasteiger partial charge in [-0.05, 0) is 19.9 Å². The molecule has 3 heterocycles. The Balaban J connectivity index is 1.86. The molecule has 0 bridgehead atoms. The van der Waals surface area contributed by atoms with Crippen LogP contribution in [0.5, 0.6) is 0 Å². The number of hydrogen-bond acceptors (Lipinski definition) is 6. The molecule has 0 N–H and O–H groups in total. The highest BCUT2D eigenvalue weighted by Gasteiger charge is 2.09. The first-order chi connectivity index (χ1) is 9.13. The molecule has 0 saturated heterocycles. The van der Waals surface area contributed by atoms with Gasteiger partial charge in [0.25, 0.3) is 5.78 Å². The zero-order valence-corrected chi connectivity index (χ0v) is 11.7. The summed E-state index contributed by atoms with van der Waals surface area (Å²) in [5.74, 6) is 2.22. The van der Waals surface area contributed by atoms with Crippen molar-refractivity contribution in [2.45, 2.75) is 24.8 Å². The minimum absolute atomic E-state index is 0.637. The number of thioether (sulfide) groups is 1. The van der Waals surface area contributed by atoms with E-state index in [1.807, 2.05) is 27.0 Å². The van der Waals surface area contributed by atoms with E-state index in [4.69, 9.17) is 0 Å². The maximum atomic E-state index is 4.43. The van der Waals surface area contributed by atoms with Crippen molar-refractivity contribution in [3.8, 4) is 0 Å². The van der Waals surface area contributed by atoms with E-state index in [1.165, 1.54) is 11.8 Å². The third kappa shape index (κ3) is 2.30. The van der Waals surface area contributed by atoms with Crippen molar-refractivity contribution in [2.24, 2.45) is 7.05 Å². The van der Waals surface area contributed by atoms with Crippen LogP contribution in [0.25, 0.3) is 5.78 Å². The van der Waals surface area contributed by atoms with Gasteiger partial charge in [0, 0.05) is 18.4 Å². The average Bonchev–Trinajstić information content (AvgIpc) is 2.92. The highest BCUT2D eigenvalue weighted by molar-refractivity contribution is 7.98. The fraction of sp³-hybridized carbons (Fsp3) is 0.364. The van der Waals surface area contributed by atoms with Crippen molar-refractivity contribution in [2.75, 3.05) is 0 Å². The van der Waals surface area contributed by atoms with Gasteiger partial charge in [0.05, 0.1) is 5.75 Å². The number of aromatic nitrogens is 7. The first-order valence-electron chi connectivity index (χ1n) is 5.80. The standard InChI is InChI=1S/C11H13N7S/c1-7-4-8(2)18-10(14-7)15-11(16-18)19-5-9-12-6-13-17(9)3/h4,6H,5H2,1-3H3. The van der Waals surface area contributed by atoms with Crippen LogP contribution < -0.4 is 0 Å². The lowest BCUT2D eigenvalue weighted by Crippen LogP contribution is -1.98. The van der Waals surface area contributed by atoms with Gasteiger partial charge in [-0.15, -0.1) is 5.10 Å². The summed E-state index contributed by atoms with van der Waals surface area (Å²) < 4.78 is 3.50. The van der Waals surface area contributed by atoms with Crippen LogP contribution in [0.15, 0.2) is 17.6 Å². The molecule has 0 atom stereocenters. The van der Waals surface area contributed by atoms with Crippen LogP contribution in [0.1, 0.15) is 17.2 Å². The summed E-state index contributed by atoms with van der Waals surface area (Å²) >= 11 is 1.53. The lowest BCUT2D eigenvalue weighted by Gasteiger charge is -1.97. The molecule has 98 valence electrons. The third-order valence-corrected chi connectivity index (χ3v) is 3.57.